The van der Waals surface area contributed by atoms with Gasteiger partial charge in [0, 0.05) is 35.6 Å². The Bertz CT molecular complexity index is 581. The normalized spacial score (nSPS) is 19.9. The molecule has 3 rings (SSSR count). The second-order valence-corrected chi connectivity index (χ2v) is 6.82. The van der Waals surface area contributed by atoms with E-state index in [1.54, 1.807) is 11.3 Å². The van der Waals surface area contributed by atoms with Gasteiger partial charge in [0.05, 0.1) is 12.2 Å². The molecule has 1 fully saturated rings. The highest BCUT2D eigenvalue weighted by atomic mass is 32.1. The summed E-state index contributed by atoms with van der Waals surface area (Å²) < 4.78 is 0. The summed E-state index contributed by atoms with van der Waals surface area (Å²) in [5.41, 5.74) is 1.10. The lowest BCUT2D eigenvalue weighted by atomic mass is 9.98. The molecule has 0 bridgehead atoms. The summed E-state index contributed by atoms with van der Waals surface area (Å²) in [5, 5.41) is 12.0. The van der Waals surface area contributed by atoms with Gasteiger partial charge in [0.15, 0.2) is 0 Å². The maximum atomic E-state index is 12.6. The number of aromatic amines is 1. The number of piperidine rings is 1. The number of H-pyrrole nitrogens is 1. The number of likely N-dealkylation sites (tertiary alicyclic amines) is 1. The Kier molecular flexibility index (Phi) is 4.77. The first-order valence-electron chi connectivity index (χ1n) is 7.82. The van der Waals surface area contributed by atoms with Crippen LogP contribution in [0.4, 0.5) is 4.79 Å². The minimum Gasteiger partial charge on any atom is -0.337 e. The Morgan fingerprint density at radius 3 is 3.23 bits per heavy atom. The maximum absolute atomic E-state index is 12.6. The highest BCUT2D eigenvalue weighted by Gasteiger charge is 2.28. The Morgan fingerprint density at radius 1 is 1.59 bits per heavy atom. The van der Waals surface area contributed by atoms with Crippen LogP contribution in [0, 0.1) is 0 Å². The van der Waals surface area contributed by atoms with Crippen LogP contribution in [0.25, 0.3) is 0 Å². The van der Waals surface area contributed by atoms with Crippen molar-refractivity contribution in [2.24, 2.45) is 0 Å². The molecule has 22 heavy (non-hydrogen) atoms. The first-order chi connectivity index (χ1) is 10.8. The summed E-state index contributed by atoms with van der Waals surface area (Å²) in [6, 6.07) is 4.35. The summed E-state index contributed by atoms with van der Waals surface area (Å²) in [6.45, 7) is 3.64. The van der Waals surface area contributed by atoms with Crippen molar-refractivity contribution in [2.75, 3.05) is 13.1 Å². The van der Waals surface area contributed by atoms with E-state index in [0.29, 0.717) is 12.5 Å². The molecule has 2 aromatic rings. The summed E-state index contributed by atoms with van der Waals surface area (Å²) in [7, 11) is 0. The fraction of sp³-hybridized carbons (Fsp3) is 0.500. The number of nitrogens with one attached hydrogen (secondary N) is 2. The second-order valence-electron chi connectivity index (χ2n) is 5.84. The van der Waals surface area contributed by atoms with E-state index in [9.17, 15) is 4.79 Å². The molecule has 1 saturated heterocycles. The zero-order chi connectivity index (χ0) is 15.4. The molecule has 2 aromatic heterocycles. The number of carbonyl (C=O) groups is 1. The predicted molar refractivity (Wildman–Crippen MR) is 88.0 cm³/mol. The topological polar surface area (TPSA) is 61.0 Å². The molecule has 2 atom stereocenters. The maximum Gasteiger partial charge on any atom is 0.317 e. The standard InChI is InChI=1S/C16H22N4OS/c1-12(15-6-4-8-22-15)9-17-16(21)20-7-3-2-5-14(20)13-10-18-19-11-13/h4,6,8,10-12,14H,2-3,5,7,9H2,1H3,(H,17,21)(H,18,19)/t12-,14+/m0/s1. The van der Waals surface area contributed by atoms with Crippen molar-refractivity contribution in [1.82, 2.24) is 20.4 Å². The van der Waals surface area contributed by atoms with Crippen LogP contribution >= 0.6 is 11.3 Å². The molecule has 0 spiro atoms. The lowest BCUT2D eigenvalue weighted by molar-refractivity contribution is 0.151. The zero-order valence-corrected chi connectivity index (χ0v) is 13.6. The van der Waals surface area contributed by atoms with Gasteiger partial charge < -0.3 is 10.2 Å². The van der Waals surface area contributed by atoms with Crippen LogP contribution in [0.5, 0.6) is 0 Å². The number of nitrogens with zero attached hydrogens (tertiary/aromatic N) is 2. The predicted octanol–water partition coefficient (Wildman–Crippen LogP) is 3.51. The van der Waals surface area contributed by atoms with Crippen molar-refractivity contribution < 1.29 is 4.79 Å². The number of amides is 2. The van der Waals surface area contributed by atoms with Crippen LogP contribution in [-0.2, 0) is 0 Å². The van der Waals surface area contributed by atoms with Crippen LogP contribution in [-0.4, -0.2) is 34.2 Å². The van der Waals surface area contributed by atoms with Gasteiger partial charge in [-0.05, 0) is 30.7 Å². The van der Waals surface area contributed by atoms with Crippen molar-refractivity contribution in [2.45, 2.75) is 38.1 Å². The summed E-state index contributed by atoms with van der Waals surface area (Å²) in [6.07, 6.45) is 6.95. The largest absolute Gasteiger partial charge is 0.337 e. The Balaban J connectivity index is 1.60. The Morgan fingerprint density at radius 2 is 2.50 bits per heavy atom. The van der Waals surface area contributed by atoms with E-state index in [0.717, 1.165) is 31.4 Å². The van der Waals surface area contributed by atoms with E-state index in [4.69, 9.17) is 0 Å². The average Bonchev–Trinajstić information content (AvgIpc) is 3.24. The van der Waals surface area contributed by atoms with Gasteiger partial charge in [0.1, 0.15) is 0 Å². The smallest absolute Gasteiger partial charge is 0.317 e. The molecular weight excluding hydrogens is 296 g/mol. The van der Waals surface area contributed by atoms with E-state index in [1.165, 1.54) is 4.88 Å². The summed E-state index contributed by atoms with van der Waals surface area (Å²) in [4.78, 5) is 15.8. The van der Waals surface area contributed by atoms with Crippen LogP contribution in [0.15, 0.2) is 29.9 Å². The number of carbonyl (C=O) groups excluding carboxylic acids is 1. The number of rotatable bonds is 4. The molecule has 0 radical (unpaired) electrons. The molecule has 0 saturated carbocycles. The first kappa shape index (κ1) is 15.1. The minimum atomic E-state index is 0.0364. The van der Waals surface area contributed by atoms with E-state index < -0.39 is 0 Å². The third kappa shape index (κ3) is 3.32. The third-order valence-electron chi connectivity index (χ3n) is 4.26. The van der Waals surface area contributed by atoms with Gasteiger partial charge in [-0.2, -0.15) is 5.10 Å². The van der Waals surface area contributed by atoms with Crippen molar-refractivity contribution in [3.63, 3.8) is 0 Å². The lowest BCUT2D eigenvalue weighted by Crippen LogP contribution is -2.45. The number of hydrogen-bond acceptors (Lipinski definition) is 3. The third-order valence-corrected chi connectivity index (χ3v) is 5.36. The summed E-state index contributed by atoms with van der Waals surface area (Å²) >= 11 is 1.74. The van der Waals surface area contributed by atoms with E-state index in [2.05, 4.69) is 40.0 Å². The van der Waals surface area contributed by atoms with Gasteiger partial charge in [-0.1, -0.05) is 13.0 Å². The van der Waals surface area contributed by atoms with Gasteiger partial charge in [-0.25, -0.2) is 4.79 Å². The monoisotopic (exact) mass is 318 g/mol. The van der Waals surface area contributed by atoms with Crippen LogP contribution in [0.3, 0.4) is 0 Å². The van der Waals surface area contributed by atoms with Crippen molar-refractivity contribution in [1.29, 1.82) is 0 Å². The zero-order valence-electron chi connectivity index (χ0n) is 12.8. The summed E-state index contributed by atoms with van der Waals surface area (Å²) in [5.74, 6) is 0.348. The second kappa shape index (κ2) is 6.96. The first-order valence-corrected chi connectivity index (χ1v) is 8.70. The Hall–Kier alpha value is -1.82. The highest BCUT2D eigenvalue weighted by Crippen LogP contribution is 2.30. The SMILES string of the molecule is C[C@@H](CNC(=O)N1CCCC[C@@H]1c1cn[nH]c1)c1cccs1. The van der Waals surface area contributed by atoms with Gasteiger partial charge in [0.25, 0.3) is 0 Å². The van der Waals surface area contributed by atoms with Crippen LogP contribution in [0.2, 0.25) is 0 Å². The molecule has 0 aromatic carbocycles. The van der Waals surface area contributed by atoms with Gasteiger partial charge in [-0.3, -0.25) is 5.10 Å². The van der Waals surface area contributed by atoms with Gasteiger partial charge >= 0.3 is 6.03 Å². The Labute approximate surface area is 134 Å². The average molecular weight is 318 g/mol. The fourth-order valence-electron chi connectivity index (χ4n) is 2.98. The molecule has 2 amide bonds. The number of hydrogen-bond donors (Lipinski definition) is 2. The lowest BCUT2D eigenvalue weighted by Gasteiger charge is -2.35. The van der Waals surface area contributed by atoms with Crippen molar-refractivity contribution >= 4 is 17.4 Å². The molecule has 0 aliphatic carbocycles. The van der Waals surface area contributed by atoms with Gasteiger partial charge in [0.2, 0.25) is 0 Å². The molecule has 3 heterocycles. The number of aromatic nitrogens is 2. The fourth-order valence-corrected chi connectivity index (χ4v) is 3.77. The van der Waals surface area contributed by atoms with E-state index in [1.807, 2.05) is 17.3 Å². The molecule has 2 N–H and O–H groups in total. The minimum absolute atomic E-state index is 0.0364. The number of thiophene rings is 1. The van der Waals surface area contributed by atoms with Crippen molar-refractivity contribution in [3.05, 3.63) is 40.3 Å². The molecule has 1 aliphatic heterocycles. The highest BCUT2D eigenvalue weighted by molar-refractivity contribution is 7.10. The molecule has 0 unspecified atom stereocenters. The molecular formula is C16H22N4OS. The van der Waals surface area contributed by atoms with Crippen LogP contribution < -0.4 is 5.32 Å². The molecule has 6 heteroatoms. The molecule has 1 aliphatic rings. The number of urea groups is 1. The van der Waals surface area contributed by atoms with Gasteiger partial charge in [-0.15, -0.1) is 11.3 Å². The van der Waals surface area contributed by atoms with Crippen molar-refractivity contribution in [3.8, 4) is 0 Å². The molecule has 5 nitrogen and oxygen atoms in total. The quantitative estimate of drug-likeness (QED) is 0.906. The molecule has 118 valence electrons. The van der Waals surface area contributed by atoms with Crippen LogP contribution in [0.1, 0.15) is 48.6 Å². The van der Waals surface area contributed by atoms with E-state index in [-0.39, 0.29) is 12.1 Å². The van der Waals surface area contributed by atoms with E-state index >= 15 is 0 Å².